The Hall–Kier alpha value is 0.360. The molecule has 0 spiro atoms. The van der Waals surface area contributed by atoms with Gasteiger partial charge in [-0.2, -0.15) is 0 Å². The van der Waals surface area contributed by atoms with E-state index in [1.54, 1.807) is 6.92 Å². The van der Waals surface area contributed by atoms with Gasteiger partial charge in [-0.3, -0.25) is 0 Å². The molecular weight excluding hydrogens is 133 g/mol. The molecule has 0 saturated carbocycles. The second-order valence-corrected chi connectivity index (χ2v) is 1.57. The largest absolute Gasteiger partial charge is 1.00 e. The summed E-state index contributed by atoms with van der Waals surface area (Å²) in [5, 5.41) is 6.20. The molecule has 0 aliphatic carbocycles. The summed E-state index contributed by atoms with van der Waals surface area (Å²) in [7, 11) is 0. The molecule has 1 N–H and O–H groups in total. The van der Waals surface area contributed by atoms with Gasteiger partial charge in [-0.1, -0.05) is 18.0 Å². The summed E-state index contributed by atoms with van der Waals surface area (Å²) in [5.74, 6) is 0.699. The molecule has 0 amide bonds. The predicted molar refractivity (Wildman–Crippen MR) is 27.5 cm³/mol. The monoisotopic (exact) mass is 137 g/mol. The average molecular weight is 137 g/mol. The van der Waals surface area contributed by atoms with Crippen LogP contribution >= 0.6 is 12.2 Å². The van der Waals surface area contributed by atoms with Crippen molar-refractivity contribution in [3.8, 4) is 0 Å². The van der Waals surface area contributed by atoms with Crippen molar-refractivity contribution in [3.63, 3.8) is 0 Å². The number of aromatic amines is 1. The van der Waals surface area contributed by atoms with E-state index in [9.17, 15) is 0 Å². The summed E-state index contributed by atoms with van der Waals surface area (Å²) in [6.45, 7) is 1.78. The molecule has 0 fully saturated rings. The molecule has 0 aromatic carbocycles. The Kier molecular flexibility index (Phi) is 3.55. The third-order valence-corrected chi connectivity index (χ3v) is 0.759. The number of aryl methyl sites for hydroxylation is 1. The van der Waals surface area contributed by atoms with Crippen molar-refractivity contribution < 1.29 is 29.6 Å². The van der Waals surface area contributed by atoms with Crippen molar-refractivity contribution in [2.24, 2.45) is 0 Å². The Morgan fingerprint density at radius 2 is 2.38 bits per heavy atom. The summed E-state index contributed by atoms with van der Waals surface area (Å²) in [6.07, 6.45) is 0. The molecular formula is C3H4N3NaS. The molecule has 0 bridgehead atoms. The normalized spacial score (nSPS) is 8.12. The van der Waals surface area contributed by atoms with Crippen molar-refractivity contribution in [2.45, 2.75) is 6.92 Å². The van der Waals surface area contributed by atoms with Crippen LogP contribution in [0.3, 0.4) is 0 Å². The number of hydrogen-bond donors (Lipinski definition) is 1. The first kappa shape index (κ1) is 8.36. The molecule has 5 heteroatoms. The fourth-order valence-electron chi connectivity index (χ4n) is 0.326. The molecule has 38 valence electrons. The van der Waals surface area contributed by atoms with Crippen LogP contribution in [0.25, 0.3) is 0 Å². The fourth-order valence-corrected chi connectivity index (χ4v) is 0.503. The third kappa shape index (κ3) is 2.09. The number of nitrogens with zero attached hydrogens (tertiary/aromatic N) is 2. The first-order valence-corrected chi connectivity index (χ1v) is 2.26. The van der Waals surface area contributed by atoms with Gasteiger partial charge in [-0.15, -0.1) is 0 Å². The minimum atomic E-state index is 0. The van der Waals surface area contributed by atoms with E-state index in [-0.39, 0.29) is 29.6 Å². The van der Waals surface area contributed by atoms with E-state index >= 15 is 0 Å². The van der Waals surface area contributed by atoms with Gasteiger partial charge in [0, 0.05) is 0 Å². The van der Waals surface area contributed by atoms with E-state index in [4.69, 9.17) is 0 Å². The average Bonchev–Trinajstić information content (AvgIpc) is 1.87. The van der Waals surface area contributed by atoms with Crippen LogP contribution in [0, 0.1) is 11.7 Å². The van der Waals surface area contributed by atoms with E-state index in [0.717, 1.165) is 0 Å². The van der Waals surface area contributed by atoms with Crippen LogP contribution in [0.15, 0.2) is 0 Å². The van der Waals surface area contributed by atoms with Crippen molar-refractivity contribution in [2.75, 3.05) is 0 Å². The summed E-state index contributed by atoms with van der Waals surface area (Å²) >= 11 is 4.60. The van der Waals surface area contributed by atoms with E-state index in [1.807, 2.05) is 0 Å². The molecule has 1 heterocycles. The third-order valence-electron chi connectivity index (χ3n) is 0.577. The van der Waals surface area contributed by atoms with Crippen LogP contribution in [0.1, 0.15) is 5.82 Å². The molecule has 8 heavy (non-hydrogen) atoms. The van der Waals surface area contributed by atoms with Crippen LogP contribution in [0.2, 0.25) is 0 Å². The van der Waals surface area contributed by atoms with Gasteiger partial charge < -0.3 is 15.2 Å². The molecule has 0 radical (unpaired) electrons. The number of rotatable bonds is 0. The Balaban J connectivity index is 0.000000490. The first-order valence-electron chi connectivity index (χ1n) is 1.85. The van der Waals surface area contributed by atoms with Crippen LogP contribution < -0.4 is 34.7 Å². The maximum Gasteiger partial charge on any atom is 1.00 e. The molecule has 0 saturated heterocycles. The summed E-state index contributed by atoms with van der Waals surface area (Å²) in [5.41, 5.74) is 0. The van der Waals surface area contributed by atoms with Gasteiger partial charge >= 0.3 is 29.6 Å². The SMILES string of the molecule is Cc1nc(=S)[nH][n-]1.[Na+]. The quantitative estimate of drug-likeness (QED) is 0.315. The van der Waals surface area contributed by atoms with Crippen molar-refractivity contribution >= 4 is 12.2 Å². The van der Waals surface area contributed by atoms with Crippen molar-refractivity contribution in [1.82, 2.24) is 15.2 Å². The first-order chi connectivity index (χ1) is 3.29. The molecule has 0 unspecified atom stereocenters. The van der Waals surface area contributed by atoms with Crippen LogP contribution in [0.4, 0.5) is 0 Å². The van der Waals surface area contributed by atoms with Crippen LogP contribution in [-0.4, -0.2) is 10.1 Å². The van der Waals surface area contributed by atoms with Crippen LogP contribution in [0.5, 0.6) is 0 Å². The van der Waals surface area contributed by atoms with Gasteiger partial charge in [0.1, 0.15) is 0 Å². The number of nitrogens with one attached hydrogen (secondary N) is 1. The summed E-state index contributed by atoms with van der Waals surface area (Å²) in [6, 6.07) is 0. The second-order valence-electron chi connectivity index (χ2n) is 1.19. The Bertz CT molecular complexity index is 202. The van der Waals surface area contributed by atoms with E-state index in [1.165, 1.54) is 0 Å². The molecule has 1 aromatic heterocycles. The van der Waals surface area contributed by atoms with Gasteiger partial charge in [0.2, 0.25) is 0 Å². The van der Waals surface area contributed by atoms with E-state index in [0.29, 0.717) is 10.6 Å². The van der Waals surface area contributed by atoms with E-state index in [2.05, 4.69) is 27.4 Å². The fraction of sp³-hybridized carbons (Fsp3) is 0.333. The maximum absolute atomic E-state index is 4.60. The standard InChI is InChI=1S/C3H5N3S.Na/c1-2-4-3(7)6-5-2;/h1H3,(H2,4,5,6,7);/q;+1/p-1. The molecule has 1 aromatic rings. The minimum Gasteiger partial charge on any atom is -0.415 e. The zero-order chi connectivity index (χ0) is 5.28. The predicted octanol–water partition coefficient (Wildman–Crippen LogP) is -2.59. The number of H-pyrrole nitrogens is 1. The van der Waals surface area contributed by atoms with Gasteiger partial charge in [-0.05, 0) is 6.92 Å². The van der Waals surface area contributed by atoms with Gasteiger partial charge in [0.25, 0.3) is 0 Å². The zero-order valence-corrected chi connectivity index (χ0v) is 7.62. The number of aromatic nitrogens is 3. The van der Waals surface area contributed by atoms with Crippen molar-refractivity contribution in [1.29, 1.82) is 0 Å². The summed E-state index contributed by atoms with van der Waals surface area (Å²) < 4.78 is 0.456. The number of hydrogen-bond acceptors (Lipinski definition) is 2. The molecule has 0 aliphatic heterocycles. The molecule has 3 nitrogen and oxygen atoms in total. The molecule has 0 aliphatic rings. The smallest absolute Gasteiger partial charge is 0.415 e. The topological polar surface area (TPSA) is 42.8 Å². The maximum atomic E-state index is 4.60. The second kappa shape index (κ2) is 3.40. The van der Waals surface area contributed by atoms with Gasteiger partial charge in [-0.25, -0.2) is 0 Å². The summed E-state index contributed by atoms with van der Waals surface area (Å²) in [4.78, 5) is 3.76. The minimum absolute atomic E-state index is 0. The molecule has 0 atom stereocenters. The Labute approximate surface area is 74.2 Å². The van der Waals surface area contributed by atoms with Gasteiger partial charge in [0.05, 0.1) is 4.77 Å². The van der Waals surface area contributed by atoms with Gasteiger partial charge in [0.15, 0.2) is 0 Å². The Morgan fingerprint density at radius 1 is 1.75 bits per heavy atom. The van der Waals surface area contributed by atoms with E-state index < -0.39 is 0 Å². The Morgan fingerprint density at radius 3 is 2.50 bits per heavy atom. The molecule has 1 rings (SSSR count). The van der Waals surface area contributed by atoms with Crippen molar-refractivity contribution in [3.05, 3.63) is 10.6 Å². The zero-order valence-electron chi connectivity index (χ0n) is 4.80. The van der Waals surface area contributed by atoms with Crippen LogP contribution in [-0.2, 0) is 0 Å².